The molecule has 7 heteroatoms. The van der Waals surface area contributed by atoms with Gasteiger partial charge in [0.1, 0.15) is 0 Å². The molecule has 0 spiro atoms. The molecule has 0 fully saturated rings. The first-order chi connectivity index (χ1) is 9.36. The molecule has 5 nitrogen and oxygen atoms in total. The lowest BCUT2D eigenvalue weighted by Gasteiger charge is -2.04. The van der Waals surface area contributed by atoms with E-state index in [1.807, 2.05) is 5.38 Å². The zero-order valence-corrected chi connectivity index (χ0v) is 13.5. The molecule has 0 unspecified atom stereocenters. The van der Waals surface area contributed by atoms with Gasteiger partial charge in [0.15, 0.2) is 0 Å². The molecule has 2 aromatic heterocycles. The van der Waals surface area contributed by atoms with E-state index in [1.165, 1.54) is 12.5 Å². The molecule has 0 aliphatic rings. The number of hydrogen-bond donors (Lipinski definition) is 0. The van der Waals surface area contributed by atoms with E-state index in [-0.39, 0.29) is 5.16 Å². The fourth-order valence-electron chi connectivity index (χ4n) is 1.87. The molecule has 2 heterocycles. The lowest BCUT2D eigenvalue weighted by molar-refractivity contribution is 0.575. The third kappa shape index (κ3) is 3.89. The second-order valence-electron chi connectivity index (χ2n) is 5.27. The molecule has 0 aliphatic carbocycles. The minimum Gasteiger partial charge on any atom is -0.316 e. The predicted molar refractivity (Wildman–Crippen MR) is 79.7 cm³/mol. The zero-order chi connectivity index (χ0) is 14.8. The summed E-state index contributed by atoms with van der Waals surface area (Å²) in [7, 11) is -3.30. The molecule has 2 rings (SSSR count). The highest BCUT2D eigenvalue weighted by Gasteiger charge is 2.15. The van der Waals surface area contributed by atoms with Crippen LogP contribution in [0.1, 0.15) is 31.0 Å². The van der Waals surface area contributed by atoms with Crippen molar-refractivity contribution in [1.82, 2.24) is 14.5 Å². The van der Waals surface area contributed by atoms with E-state index in [2.05, 4.69) is 23.8 Å². The van der Waals surface area contributed by atoms with Crippen molar-refractivity contribution in [3.63, 3.8) is 0 Å². The molecule has 0 N–H and O–H groups in total. The number of thiazole rings is 1. The Morgan fingerprint density at radius 3 is 2.80 bits per heavy atom. The molecule has 0 amide bonds. The molecule has 0 radical (unpaired) electrons. The molecule has 2 aromatic rings. The summed E-state index contributed by atoms with van der Waals surface area (Å²) in [6, 6.07) is 0. The fraction of sp³-hybridized carbons (Fsp3) is 0.538. The minimum absolute atomic E-state index is 0.0919. The first-order valence-corrected chi connectivity index (χ1v) is 9.28. The number of imidazole rings is 1. The SMILES string of the molecule is CC(C)CCc1nc(Cn2ccnc2S(C)(=O)=O)cs1. The molecule has 20 heavy (non-hydrogen) atoms. The highest BCUT2D eigenvalue weighted by molar-refractivity contribution is 7.90. The fourth-order valence-corrected chi connectivity index (χ4v) is 3.48. The standard InChI is InChI=1S/C13H19N3O2S2/c1-10(2)4-5-12-15-11(9-19-12)8-16-7-6-14-13(16)20(3,17)18/h6-7,9-10H,4-5,8H2,1-3H3. The van der Waals surface area contributed by atoms with Gasteiger partial charge in [-0.25, -0.2) is 18.4 Å². The summed E-state index contributed by atoms with van der Waals surface area (Å²) < 4.78 is 24.8. The van der Waals surface area contributed by atoms with Crippen LogP contribution in [-0.2, 0) is 22.8 Å². The smallest absolute Gasteiger partial charge is 0.227 e. The van der Waals surface area contributed by atoms with Crippen LogP contribution in [0.3, 0.4) is 0 Å². The molecule has 0 atom stereocenters. The van der Waals surface area contributed by atoms with Crippen molar-refractivity contribution >= 4 is 21.2 Å². The second-order valence-corrected chi connectivity index (χ2v) is 8.13. The topological polar surface area (TPSA) is 64.8 Å². The zero-order valence-electron chi connectivity index (χ0n) is 11.9. The van der Waals surface area contributed by atoms with E-state index in [4.69, 9.17) is 0 Å². The van der Waals surface area contributed by atoms with Crippen LogP contribution in [0.25, 0.3) is 0 Å². The van der Waals surface area contributed by atoms with Crippen LogP contribution in [-0.4, -0.2) is 29.2 Å². The van der Waals surface area contributed by atoms with E-state index in [1.54, 1.807) is 22.1 Å². The average molecular weight is 313 g/mol. The van der Waals surface area contributed by atoms with E-state index in [0.29, 0.717) is 12.5 Å². The predicted octanol–water partition coefficient (Wildman–Crippen LogP) is 2.38. The van der Waals surface area contributed by atoms with Gasteiger partial charge >= 0.3 is 0 Å². The van der Waals surface area contributed by atoms with Crippen molar-refractivity contribution in [2.45, 2.75) is 38.4 Å². The third-order valence-corrected chi connectivity index (χ3v) is 4.84. The van der Waals surface area contributed by atoms with Crippen LogP contribution >= 0.6 is 11.3 Å². The highest BCUT2D eigenvalue weighted by atomic mass is 32.2. The number of rotatable bonds is 6. The average Bonchev–Trinajstić information content (AvgIpc) is 2.95. The van der Waals surface area contributed by atoms with Gasteiger partial charge in [-0.3, -0.25) is 0 Å². The molecule has 110 valence electrons. The molecular formula is C13H19N3O2S2. The Morgan fingerprint density at radius 1 is 1.40 bits per heavy atom. The Bertz CT molecular complexity index is 671. The molecule has 0 aliphatic heterocycles. The highest BCUT2D eigenvalue weighted by Crippen LogP contribution is 2.16. The molecular weight excluding hydrogens is 294 g/mol. The third-order valence-electron chi connectivity index (χ3n) is 2.88. The van der Waals surface area contributed by atoms with Gasteiger partial charge in [0.25, 0.3) is 0 Å². The number of sulfone groups is 1. The van der Waals surface area contributed by atoms with E-state index >= 15 is 0 Å². The molecule has 0 saturated carbocycles. The lowest BCUT2D eigenvalue weighted by atomic mass is 10.1. The Morgan fingerprint density at radius 2 is 2.15 bits per heavy atom. The number of aromatic nitrogens is 3. The maximum atomic E-state index is 11.6. The van der Waals surface area contributed by atoms with Gasteiger partial charge in [-0.15, -0.1) is 11.3 Å². The summed E-state index contributed by atoms with van der Waals surface area (Å²) in [6.45, 7) is 4.83. The largest absolute Gasteiger partial charge is 0.316 e. The lowest BCUT2D eigenvalue weighted by Crippen LogP contribution is -2.10. The van der Waals surface area contributed by atoms with Crippen molar-refractivity contribution in [3.05, 3.63) is 28.5 Å². The van der Waals surface area contributed by atoms with Gasteiger partial charge in [-0.2, -0.15) is 0 Å². The Labute approximate surface area is 123 Å². The normalized spacial score (nSPS) is 12.2. The van der Waals surface area contributed by atoms with Crippen LogP contribution in [0.5, 0.6) is 0 Å². The number of nitrogens with zero attached hydrogens (tertiary/aromatic N) is 3. The first kappa shape index (κ1) is 15.2. The van der Waals surface area contributed by atoms with Crippen molar-refractivity contribution < 1.29 is 8.42 Å². The summed E-state index contributed by atoms with van der Waals surface area (Å²) in [4.78, 5) is 8.46. The van der Waals surface area contributed by atoms with Crippen LogP contribution in [0.4, 0.5) is 0 Å². The van der Waals surface area contributed by atoms with Gasteiger partial charge in [0.05, 0.1) is 17.2 Å². The molecule has 0 aromatic carbocycles. The summed E-state index contributed by atoms with van der Waals surface area (Å²) in [5.41, 5.74) is 0.886. The van der Waals surface area contributed by atoms with Crippen molar-refractivity contribution in [1.29, 1.82) is 0 Å². The number of hydrogen-bond acceptors (Lipinski definition) is 5. The minimum atomic E-state index is -3.30. The van der Waals surface area contributed by atoms with Crippen LogP contribution in [0.2, 0.25) is 0 Å². The Balaban J connectivity index is 2.10. The van der Waals surface area contributed by atoms with E-state index in [0.717, 1.165) is 23.5 Å². The maximum absolute atomic E-state index is 11.6. The molecule has 0 bridgehead atoms. The van der Waals surface area contributed by atoms with Gasteiger partial charge < -0.3 is 4.57 Å². The van der Waals surface area contributed by atoms with Gasteiger partial charge in [-0.1, -0.05) is 13.8 Å². The van der Waals surface area contributed by atoms with Crippen molar-refractivity contribution in [2.24, 2.45) is 5.92 Å². The van der Waals surface area contributed by atoms with Gasteiger partial charge in [0, 0.05) is 24.0 Å². The van der Waals surface area contributed by atoms with E-state index < -0.39 is 9.84 Å². The van der Waals surface area contributed by atoms with Gasteiger partial charge in [-0.05, 0) is 18.8 Å². The first-order valence-electron chi connectivity index (χ1n) is 6.50. The Kier molecular flexibility index (Phi) is 4.59. The van der Waals surface area contributed by atoms with Crippen LogP contribution in [0, 0.1) is 5.92 Å². The van der Waals surface area contributed by atoms with Crippen LogP contribution < -0.4 is 0 Å². The number of aryl methyl sites for hydroxylation is 1. The summed E-state index contributed by atoms with van der Waals surface area (Å²) >= 11 is 1.63. The van der Waals surface area contributed by atoms with Gasteiger partial charge in [0.2, 0.25) is 15.0 Å². The van der Waals surface area contributed by atoms with E-state index in [9.17, 15) is 8.42 Å². The second kappa shape index (κ2) is 6.05. The maximum Gasteiger partial charge on any atom is 0.227 e. The monoisotopic (exact) mass is 313 g/mol. The quantitative estimate of drug-likeness (QED) is 0.821. The van der Waals surface area contributed by atoms with Crippen LogP contribution in [0.15, 0.2) is 22.9 Å². The molecule has 0 saturated heterocycles. The summed E-state index contributed by atoms with van der Waals surface area (Å²) in [5.74, 6) is 0.660. The van der Waals surface area contributed by atoms with Crippen molar-refractivity contribution in [2.75, 3.05) is 6.26 Å². The Hall–Kier alpha value is -1.21. The summed E-state index contributed by atoms with van der Waals surface area (Å²) in [6.07, 6.45) is 6.44. The summed E-state index contributed by atoms with van der Waals surface area (Å²) in [5, 5.41) is 3.19. The van der Waals surface area contributed by atoms with Crippen molar-refractivity contribution in [3.8, 4) is 0 Å².